The lowest BCUT2D eigenvalue weighted by molar-refractivity contribution is 0.298. The monoisotopic (exact) mass is 218 g/mol. The molecule has 0 saturated carbocycles. The zero-order chi connectivity index (χ0) is 11.2. The Labute approximate surface area is 93.8 Å². The summed E-state index contributed by atoms with van der Waals surface area (Å²) in [6.07, 6.45) is 2.58. The van der Waals surface area contributed by atoms with Gasteiger partial charge in [-0.2, -0.15) is 0 Å². The fraction of sp³-hybridized carbons (Fsp3) is 0.273. The first-order chi connectivity index (χ1) is 7.84. The average molecular weight is 218 g/mol. The first-order valence-corrected chi connectivity index (χ1v) is 5.18. The van der Waals surface area contributed by atoms with Crippen LogP contribution in [0.15, 0.2) is 36.5 Å². The number of hydrogen-bond donors (Lipinski definition) is 1. The second kappa shape index (κ2) is 5.16. The van der Waals surface area contributed by atoms with E-state index in [0.717, 1.165) is 18.7 Å². The molecule has 0 saturated heterocycles. The Hall–Kier alpha value is -2.04. The van der Waals surface area contributed by atoms with Crippen LogP contribution >= 0.6 is 0 Å². The van der Waals surface area contributed by atoms with Crippen molar-refractivity contribution in [2.24, 2.45) is 0 Å². The summed E-state index contributed by atoms with van der Waals surface area (Å²) in [5, 5.41) is 7.55. The number of ether oxygens (including phenoxy) is 1. The Balaban J connectivity index is 1.69. The summed E-state index contributed by atoms with van der Waals surface area (Å²) in [5.41, 5.74) is 5.45. The van der Waals surface area contributed by atoms with Crippen molar-refractivity contribution in [1.29, 1.82) is 0 Å². The Morgan fingerprint density at radius 3 is 2.75 bits per heavy atom. The van der Waals surface area contributed by atoms with Crippen LogP contribution < -0.4 is 10.5 Å². The lowest BCUT2D eigenvalue weighted by atomic mass is 10.3. The molecule has 1 aromatic heterocycles. The number of anilines is 1. The molecule has 0 radical (unpaired) electrons. The van der Waals surface area contributed by atoms with Crippen molar-refractivity contribution in [2.75, 3.05) is 12.3 Å². The van der Waals surface area contributed by atoms with Gasteiger partial charge in [0.1, 0.15) is 5.75 Å². The fourth-order valence-electron chi connectivity index (χ4n) is 1.36. The highest BCUT2D eigenvalue weighted by Crippen LogP contribution is 2.08. The quantitative estimate of drug-likeness (QED) is 0.769. The maximum Gasteiger partial charge on any atom is 0.165 e. The van der Waals surface area contributed by atoms with Crippen LogP contribution in [0.4, 0.5) is 5.82 Å². The summed E-state index contributed by atoms with van der Waals surface area (Å²) in [5.74, 6) is 1.34. The second-order valence-electron chi connectivity index (χ2n) is 3.42. The van der Waals surface area contributed by atoms with E-state index in [4.69, 9.17) is 10.5 Å². The van der Waals surface area contributed by atoms with Crippen LogP contribution in [0.1, 0.15) is 6.42 Å². The standard InChI is InChI=1S/C11H14N4O/c12-11-9-15(14-13-11)7-4-8-16-10-5-2-1-3-6-10/h1-3,5-6,9H,4,7-8,12H2. The number of nitrogen functional groups attached to an aromatic ring is 1. The number of rotatable bonds is 5. The van der Waals surface area contributed by atoms with Crippen LogP contribution in [0.3, 0.4) is 0 Å². The Morgan fingerprint density at radius 1 is 1.25 bits per heavy atom. The molecule has 2 rings (SSSR count). The minimum Gasteiger partial charge on any atom is -0.494 e. The maximum atomic E-state index is 5.54. The van der Waals surface area contributed by atoms with Crippen LogP contribution in [0.5, 0.6) is 5.75 Å². The highest BCUT2D eigenvalue weighted by Gasteiger charge is 1.96. The van der Waals surface area contributed by atoms with Crippen molar-refractivity contribution < 1.29 is 4.74 Å². The third kappa shape index (κ3) is 2.98. The Kier molecular flexibility index (Phi) is 3.38. The number of aromatic nitrogens is 3. The van der Waals surface area contributed by atoms with Crippen molar-refractivity contribution in [3.63, 3.8) is 0 Å². The van der Waals surface area contributed by atoms with Crippen LogP contribution in [-0.2, 0) is 6.54 Å². The van der Waals surface area contributed by atoms with Gasteiger partial charge in [0.2, 0.25) is 0 Å². The molecule has 84 valence electrons. The number of nitrogens with two attached hydrogens (primary N) is 1. The summed E-state index contributed by atoms with van der Waals surface area (Å²) >= 11 is 0. The first kappa shape index (κ1) is 10.5. The topological polar surface area (TPSA) is 66.0 Å². The van der Waals surface area contributed by atoms with Crippen LogP contribution in [-0.4, -0.2) is 21.6 Å². The molecule has 16 heavy (non-hydrogen) atoms. The lowest BCUT2D eigenvalue weighted by Gasteiger charge is -2.05. The number of para-hydroxylation sites is 1. The summed E-state index contributed by atoms with van der Waals surface area (Å²) < 4.78 is 7.25. The largest absolute Gasteiger partial charge is 0.494 e. The minimum atomic E-state index is 0.448. The van der Waals surface area contributed by atoms with Crippen molar-refractivity contribution in [2.45, 2.75) is 13.0 Å². The molecule has 0 bridgehead atoms. The van der Waals surface area contributed by atoms with Gasteiger partial charge < -0.3 is 10.5 Å². The lowest BCUT2D eigenvalue weighted by Crippen LogP contribution is -2.05. The predicted molar refractivity (Wildman–Crippen MR) is 61.0 cm³/mol. The smallest absolute Gasteiger partial charge is 0.165 e. The minimum absolute atomic E-state index is 0.448. The van der Waals surface area contributed by atoms with Gasteiger partial charge in [0.15, 0.2) is 5.82 Å². The second-order valence-corrected chi connectivity index (χ2v) is 3.42. The number of aryl methyl sites for hydroxylation is 1. The third-order valence-electron chi connectivity index (χ3n) is 2.10. The molecular weight excluding hydrogens is 204 g/mol. The van der Waals surface area contributed by atoms with Crippen LogP contribution in [0.2, 0.25) is 0 Å². The molecule has 1 heterocycles. The van der Waals surface area contributed by atoms with Crippen LogP contribution in [0.25, 0.3) is 0 Å². The molecule has 2 N–H and O–H groups in total. The molecule has 2 aromatic rings. The summed E-state index contributed by atoms with van der Waals surface area (Å²) in [7, 11) is 0. The highest BCUT2D eigenvalue weighted by molar-refractivity contribution is 5.21. The van der Waals surface area contributed by atoms with E-state index < -0.39 is 0 Å². The van der Waals surface area contributed by atoms with E-state index >= 15 is 0 Å². The van der Waals surface area contributed by atoms with Crippen molar-refractivity contribution in [3.8, 4) is 5.75 Å². The van der Waals surface area contributed by atoms with E-state index in [1.807, 2.05) is 30.3 Å². The molecule has 0 fully saturated rings. The van der Waals surface area contributed by atoms with Gasteiger partial charge in [-0.25, -0.2) is 0 Å². The normalized spacial score (nSPS) is 10.2. The number of nitrogens with zero attached hydrogens (tertiary/aromatic N) is 3. The van der Waals surface area contributed by atoms with E-state index in [1.165, 1.54) is 0 Å². The van der Waals surface area contributed by atoms with Gasteiger partial charge in [0.05, 0.1) is 12.8 Å². The van der Waals surface area contributed by atoms with E-state index in [2.05, 4.69) is 10.3 Å². The molecule has 5 nitrogen and oxygen atoms in total. The van der Waals surface area contributed by atoms with Crippen molar-refractivity contribution in [1.82, 2.24) is 15.0 Å². The molecule has 0 aliphatic heterocycles. The van der Waals surface area contributed by atoms with Crippen molar-refractivity contribution in [3.05, 3.63) is 36.5 Å². The van der Waals surface area contributed by atoms with Gasteiger partial charge in [-0.15, -0.1) is 5.10 Å². The maximum absolute atomic E-state index is 5.54. The third-order valence-corrected chi connectivity index (χ3v) is 2.10. The number of benzene rings is 1. The summed E-state index contributed by atoms with van der Waals surface area (Å²) in [6.45, 7) is 1.42. The molecule has 0 aliphatic carbocycles. The van der Waals surface area contributed by atoms with E-state index in [9.17, 15) is 0 Å². The van der Waals surface area contributed by atoms with E-state index in [0.29, 0.717) is 12.4 Å². The molecule has 0 unspecified atom stereocenters. The van der Waals surface area contributed by atoms with Gasteiger partial charge in [-0.3, -0.25) is 4.68 Å². The SMILES string of the molecule is Nc1cn(CCCOc2ccccc2)nn1. The van der Waals surface area contributed by atoms with Crippen molar-refractivity contribution >= 4 is 5.82 Å². The van der Waals surface area contributed by atoms with Gasteiger partial charge in [-0.05, 0) is 12.1 Å². The van der Waals surface area contributed by atoms with Gasteiger partial charge in [0.25, 0.3) is 0 Å². The highest BCUT2D eigenvalue weighted by atomic mass is 16.5. The van der Waals surface area contributed by atoms with E-state index in [-0.39, 0.29) is 0 Å². The molecule has 0 aliphatic rings. The molecule has 0 amide bonds. The summed E-state index contributed by atoms with van der Waals surface area (Å²) in [4.78, 5) is 0. The Morgan fingerprint density at radius 2 is 2.06 bits per heavy atom. The Bertz CT molecular complexity index is 427. The summed E-state index contributed by atoms with van der Waals surface area (Å²) in [6, 6.07) is 9.74. The first-order valence-electron chi connectivity index (χ1n) is 5.18. The zero-order valence-corrected chi connectivity index (χ0v) is 8.91. The fourth-order valence-corrected chi connectivity index (χ4v) is 1.36. The van der Waals surface area contributed by atoms with Gasteiger partial charge >= 0.3 is 0 Å². The van der Waals surface area contributed by atoms with Gasteiger partial charge in [0, 0.05) is 13.0 Å². The average Bonchev–Trinajstić information content (AvgIpc) is 2.72. The zero-order valence-electron chi connectivity index (χ0n) is 8.91. The molecular formula is C11H14N4O. The molecule has 0 spiro atoms. The van der Waals surface area contributed by atoms with E-state index in [1.54, 1.807) is 10.9 Å². The molecule has 5 heteroatoms. The number of hydrogen-bond acceptors (Lipinski definition) is 4. The molecule has 1 aromatic carbocycles. The van der Waals surface area contributed by atoms with Gasteiger partial charge in [-0.1, -0.05) is 23.4 Å². The molecule has 0 atom stereocenters. The predicted octanol–water partition coefficient (Wildman–Crippen LogP) is 1.33. The van der Waals surface area contributed by atoms with Crippen LogP contribution in [0, 0.1) is 0 Å².